The van der Waals surface area contributed by atoms with Crippen LogP contribution in [0.4, 0.5) is 5.69 Å². The lowest BCUT2D eigenvalue weighted by atomic mass is 9.88. The first-order valence-electron chi connectivity index (χ1n) is 32.2. The summed E-state index contributed by atoms with van der Waals surface area (Å²) in [5.41, 5.74) is 9.14. The molecular formula is C71H89N5O19S2. The first-order valence-corrected chi connectivity index (χ1v) is 34.5. The molecule has 524 valence electrons. The largest absolute Gasteiger partial charge is 0.477 e. The maximum absolute atomic E-state index is 13.4. The van der Waals surface area contributed by atoms with Gasteiger partial charge < -0.3 is 81.3 Å². The molecule has 2 saturated heterocycles. The average molecular weight is 1380 g/mol. The third-order valence-electron chi connectivity index (χ3n) is 17.3. The zero-order valence-electron chi connectivity index (χ0n) is 55.2. The van der Waals surface area contributed by atoms with Crippen LogP contribution in [-0.2, 0) is 54.1 Å². The monoisotopic (exact) mass is 1380 g/mol. The van der Waals surface area contributed by atoms with Gasteiger partial charge in [-0.2, -0.15) is 23.5 Å². The topological polar surface area (TPSA) is 375 Å². The van der Waals surface area contributed by atoms with Crippen LogP contribution in [0.15, 0.2) is 109 Å². The molecule has 0 aromatic heterocycles. The molecule has 12 N–H and O–H groups in total. The summed E-state index contributed by atoms with van der Waals surface area (Å²) in [7, 11) is 0. The summed E-state index contributed by atoms with van der Waals surface area (Å²) >= 11 is 2.91. The Morgan fingerprint density at radius 2 is 1.01 bits per heavy atom. The highest BCUT2D eigenvalue weighted by molar-refractivity contribution is 7.99. The number of aldehydes is 1. The number of nitrogens with one attached hydrogen (secondary N) is 5. The van der Waals surface area contributed by atoms with Crippen LogP contribution in [0.1, 0.15) is 101 Å². The van der Waals surface area contributed by atoms with Crippen molar-refractivity contribution < 1.29 is 93.0 Å². The second-order valence-corrected chi connectivity index (χ2v) is 26.8. The van der Waals surface area contributed by atoms with Crippen molar-refractivity contribution in [3.05, 3.63) is 148 Å². The molecule has 2 fully saturated rings. The van der Waals surface area contributed by atoms with E-state index in [0.29, 0.717) is 47.0 Å². The molecule has 0 spiro atoms. The van der Waals surface area contributed by atoms with E-state index in [4.69, 9.17) is 18.9 Å². The minimum absolute atomic E-state index is 0.00654. The van der Waals surface area contributed by atoms with E-state index >= 15 is 0 Å². The van der Waals surface area contributed by atoms with Gasteiger partial charge in [0.2, 0.25) is 23.5 Å². The van der Waals surface area contributed by atoms with Gasteiger partial charge in [0, 0.05) is 87.4 Å². The number of carboxylic acid groups (broad SMARTS) is 1. The van der Waals surface area contributed by atoms with Crippen LogP contribution >= 0.6 is 23.5 Å². The molecule has 24 nitrogen and oxygen atoms in total. The SMILES string of the molecule is CC(=O)N[C@H]1[C@H]([C@H](O)[C@H](O)CNC(=O)c2ccc(-c3ccccc3)cc2)O[C@](C=O)(OCCCSCCC(=O)Cc2c(C)c(C)c(NC(=O)CCSCCCO[C@]3(C(=O)O)C[C@H](O)[C@@H](NC(C)=O)[C@H]([C@H](O)[C@H](O)CNC(=O)c4ccc(-c5ccccc5)cc4)O3)c(C)c2C)C[C@@H]1O. The highest BCUT2D eigenvalue weighted by atomic mass is 32.2. The Labute approximate surface area is 572 Å². The molecule has 0 bridgehead atoms. The Hall–Kier alpha value is -7.44. The summed E-state index contributed by atoms with van der Waals surface area (Å²) in [6.45, 7) is 8.77. The quantitative estimate of drug-likeness (QED) is 0.0194. The molecule has 0 saturated carbocycles. The fraction of sp³-hybridized carbons (Fsp3) is 0.465. The second-order valence-electron chi connectivity index (χ2n) is 24.3. The number of rotatable bonds is 35. The highest BCUT2D eigenvalue weighted by Crippen LogP contribution is 2.36. The fourth-order valence-electron chi connectivity index (χ4n) is 11.7. The number of hydrogen-bond donors (Lipinski definition) is 12. The highest BCUT2D eigenvalue weighted by Gasteiger charge is 2.56. The van der Waals surface area contributed by atoms with E-state index in [1.165, 1.54) is 30.4 Å². The van der Waals surface area contributed by atoms with Gasteiger partial charge in [0.05, 0.1) is 49.7 Å². The van der Waals surface area contributed by atoms with E-state index < -0.39 is 128 Å². The number of anilines is 1. The Kier molecular flexibility index (Phi) is 28.9. The van der Waals surface area contributed by atoms with Crippen LogP contribution in [0.5, 0.6) is 0 Å². The molecule has 26 heteroatoms. The van der Waals surface area contributed by atoms with Crippen molar-refractivity contribution in [1.29, 1.82) is 0 Å². The Morgan fingerprint density at radius 1 is 0.577 bits per heavy atom. The molecule has 0 unspecified atom stereocenters. The number of hydrogen-bond acceptors (Lipinski definition) is 20. The summed E-state index contributed by atoms with van der Waals surface area (Å²) in [5, 5.41) is 90.8. The van der Waals surface area contributed by atoms with Crippen molar-refractivity contribution in [3.8, 4) is 22.3 Å². The van der Waals surface area contributed by atoms with E-state index in [1.807, 2.05) is 88.4 Å². The predicted octanol–water partition coefficient (Wildman–Crippen LogP) is 4.65. The third kappa shape index (κ3) is 21.0. The van der Waals surface area contributed by atoms with Crippen molar-refractivity contribution in [1.82, 2.24) is 21.3 Å². The lowest BCUT2D eigenvalue weighted by molar-refractivity contribution is -0.310. The van der Waals surface area contributed by atoms with Gasteiger partial charge in [-0.25, -0.2) is 4.79 Å². The lowest BCUT2D eigenvalue weighted by Crippen LogP contribution is -2.68. The number of aliphatic carboxylic acids is 1. The van der Waals surface area contributed by atoms with Crippen molar-refractivity contribution in [3.63, 3.8) is 0 Å². The van der Waals surface area contributed by atoms with E-state index in [0.717, 1.165) is 57.0 Å². The van der Waals surface area contributed by atoms with Gasteiger partial charge >= 0.3 is 5.97 Å². The van der Waals surface area contributed by atoms with Crippen LogP contribution in [0.2, 0.25) is 0 Å². The van der Waals surface area contributed by atoms with Crippen molar-refractivity contribution in [2.24, 2.45) is 0 Å². The number of ketones is 1. The molecule has 2 heterocycles. The summed E-state index contributed by atoms with van der Waals surface area (Å²) in [4.78, 5) is 103. The summed E-state index contributed by atoms with van der Waals surface area (Å²) in [6.07, 6.45) is -12.9. The van der Waals surface area contributed by atoms with Crippen molar-refractivity contribution >= 4 is 76.8 Å². The van der Waals surface area contributed by atoms with Gasteiger partial charge in [-0.15, -0.1) is 0 Å². The zero-order chi connectivity index (χ0) is 70.6. The molecule has 0 radical (unpaired) electrons. The van der Waals surface area contributed by atoms with Gasteiger partial charge in [-0.3, -0.25) is 33.6 Å². The van der Waals surface area contributed by atoms with E-state index in [2.05, 4.69) is 26.6 Å². The van der Waals surface area contributed by atoms with Gasteiger partial charge in [-0.05, 0) is 126 Å². The molecule has 2 aliphatic rings. The zero-order valence-corrected chi connectivity index (χ0v) is 56.8. The number of Topliss-reactive ketones (excluding diaryl/α,β-unsaturated/α-hetero) is 1. The lowest BCUT2D eigenvalue weighted by Gasteiger charge is -2.46. The number of benzene rings is 5. The molecule has 7 rings (SSSR count). The van der Waals surface area contributed by atoms with Crippen molar-refractivity contribution in [2.45, 2.75) is 159 Å². The van der Waals surface area contributed by atoms with Crippen LogP contribution in [-0.4, -0.2) is 205 Å². The molecule has 2 aliphatic heterocycles. The molecule has 12 atom stereocenters. The fourth-order valence-corrected chi connectivity index (χ4v) is 13.4. The second kappa shape index (κ2) is 36.4. The molecule has 5 aromatic carbocycles. The molecular weight excluding hydrogens is 1290 g/mol. The predicted molar refractivity (Wildman–Crippen MR) is 366 cm³/mol. The number of amides is 5. The molecule has 5 aromatic rings. The van der Waals surface area contributed by atoms with Crippen molar-refractivity contribution in [2.75, 3.05) is 54.6 Å². The number of ether oxygens (including phenoxy) is 4. The number of carbonyl (C=O) groups excluding carboxylic acids is 7. The smallest absolute Gasteiger partial charge is 0.364 e. The molecule has 5 amide bonds. The normalized spacial score (nSPS) is 22.0. The number of aliphatic hydroxyl groups is 6. The Balaban J connectivity index is 0.810. The van der Waals surface area contributed by atoms with E-state index in [1.54, 1.807) is 48.5 Å². The minimum Gasteiger partial charge on any atom is -0.477 e. The van der Waals surface area contributed by atoms with E-state index in [9.17, 15) is 74.1 Å². The molecule has 0 aliphatic carbocycles. The standard InChI is InChI=1S/C71H89N5O19S2/c1-41-43(3)60(76-59(85)28-34-97-32-14-30-93-71(69(90)91)37-56(82)62(75-46(6)79)66(95-71)64(87)58(84)39-73-68(89)52-25-21-50(22-26-52)48-17-11-8-12-18-48)44(4)42(2)54(41)35-53(80)27-33-96-31-13-29-92-70(40-77)36-55(81)61(74-45(5)78)65(94-70)63(86)57(83)38-72-67(88)51-23-19-49(20-24-51)47-15-9-7-10-16-47/h7-12,15-26,40,55-58,61-66,81-84,86-87H,13-14,27-39H2,1-6H3,(H,72,88)(H,73,89)(H,74,78)(H,75,79)(H,76,85)(H,90,91)/t55-,56-,57+,58+,61+,62+,63+,64+,65+,66+,70+,71+/m0/s1. The Bertz CT molecular complexity index is 3470. The van der Waals surface area contributed by atoms with Crippen LogP contribution in [0, 0.1) is 27.7 Å². The van der Waals surface area contributed by atoms with Gasteiger partial charge in [0.1, 0.15) is 30.2 Å². The van der Waals surface area contributed by atoms with Crippen LogP contribution in [0.3, 0.4) is 0 Å². The first kappa shape index (κ1) is 76.9. The number of carbonyl (C=O) groups is 8. The molecule has 97 heavy (non-hydrogen) atoms. The number of aliphatic hydroxyl groups excluding tert-OH is 6. The third-order valence-corrected chi connectivity index (χ3v) is 19.4. The van der Waals surface area contributed by atoms with E-state index in [-0.39, 0.29) is 56.2 Å². The Morgan fingerprint density at radius 3 is 1.46 bits per heavy atom. The minimum atomic E-state index is -2.49. The summed E-state index contributed by atoms with van der Waals surface area (Å²) < 4.78 is 23.6. The first-order chi connectivity index (χ1) is 46.3. The summed E-state index contributed by atoms with van der Waals surface area (Å²) in [6, 6.07) is 30.0. The number of thioether (sulfide) groups is 2. The maximum Gasteiger partial charge on any atom is 0.364 e. The average Bonchev–Trinajstić information content (AvgIpc) is 0.780. The van der Waals surface area contributed by atoms with Gasteiger partial charge in [-0.1, -0.05) is 84.9 Å². The van der Waals surface area contributed by atoms with Gasteiger partial charge in [0.25, 0.3) is 17.6 Å². The maximum atomic E-state index is 13.4. The van der Waals surface area contributed by atoms with Gasteiger partial charge in [0.15, 0.2) is 6.29 Å². The summed E-state index contributed by atoms with van der Waals surface area (Å²) in [5.74, 6) is -6.86. The van der Waals surface area contributed by atoms with Crippen LogP contribution < -0.4 is 26.6 Å². The number of carboxylic acids is 1. The van der Waals surface area contributed by atoms with Crippen LogP contribution in [0.25, 0.3) is 22.3 Å².